The highest BCUT2D eigenvalue weighted by Gasteiger charge is 2.09. The second kappa shape index (κ2) is 5.51. The molecule has 16 heavy (non-hydrogen) atoms. The molecule has 0 heterocycles. The van der Waals surface area contributed by atoms with Gasteiger partial charge in [0.2, 0.25) is 5.91 Å². The monoisotopic (exact) mass is 222 g/mol. The van der Waals surface area contributed by atoms with Crippen LogP contribution >= 0.6 is 0 Å². The summed E-state index contributed by atoms with van der Waals surface area (Å²) in [7, 11) is 0. The number of carbonyl (C=O) groups is 1. The average molecular weight is 222 g/mol. The van der Waals surface area contributed by atoms with Gasteiger partial charge in [0, 0.05) is 6.04 Å². The third-order valence-corrected chi connectivity index (χ3v) is 2.39. The molecule has 0 aromatic heterocycles. The van der Waals surface area contributed by atoms with Crippen LogP contribution in [0.2, 0.25) is 0 Å². The Kier molecular flexibility index (Phi) is 4.31. The third kappa shape index (κ3) is 3.55. The molecule has 1 amide bonds. The molecule has 0 saturated heterocycles. The summed E-state index contributed by atoms with van der Waals surface area (Å²) >= 11 is 0. The average Bonchev–Trinajstić information content (AvgIpc) is 2.26. The molecule has 2 unspecified atom stereocenters. The number of benzene rings is 1. The first-order valence-corrected chi connectivity index (χ1v) is 5.28. The van der Waals surface area contributed by atoms with E-state index in [0.29, 0.717) is 6.61 Å². The first-order chi connectivity index (χ1) is 7.50. The minimum atomic E-state index is -0.354. The van der Waals surface area contributed by atoms with E-state index in [0.717, 1.165) is 11.3 Å². The third-order valence-electron chi connectivity index (χ3n) is 2.39. The maximum absolute atomic E-state index is 10.8. The van der Waals surface area contributed by atoms with Gasteiger partial charge in [0.15, 0.2) is 0 Å². The lowest BCUT2D eigenvalue weighted by molar-refractivity contribution is -0.122. The van der Waals surface area contributed by atoms with E-state index in [4.69, 9.17) is 16.2 Å². The van der Waals surface area contributed by atoms with Gasteiger partial charge < -0.3 is 16.2 Å². The van der Waals surface area contributed by atoms with Gasteiger partial charge in [-0.2, -0.15) is 0 Å². The molecule has 4 heteroatoms. The van der Waals surface area contributed by atoms with E-state index in [2.05, 4.69) is 0 Å². The Morgan fingerprint density at radius 1 is 1.31 bits per heavy atom. The molecule has 0 bridgehead atoms. The number of hydrogen-bond acceptors (Lipinski definition) is 3. The lowest BCUT2D eigenvalue weighted by atomic mass is 10.1. The summed E-state index contributed by atoms with van der Waals surface area (Å²) in [5.41, 5.74) is 11.9. The van der Waals surface area contributed by atoms with Crippen LogP contribution in [0.25, 0.3) is 0 Å². The number of rotatable bonds is 5. The van der Waals surface area contributed by atoms with Gasteiger partial charge in [0.25, 0.3) is 0 Å². The van der Waals surface area contributed by atoms with E-state index in [1.54, 1.807) is 6.92 Å². The van der Waals surface area contributed by atoms with Crippen LogP contribution in [0.4, 0.5) is 0 Å². The van der Waals surface area contributed by atoms with Gasteiger partial charge in [-0.05, 0) is 24.6 Å². The molecular formula is C12H18N2O2. The maximum atomic E-state index is 10.8. The fourth-order valence-corrected chi connectivity index (χ4v) is 1.17. The Morgan fingerprint density at radius 2 is 1.88 bits per heavy atom. The lowest BCUT2D eigenvalue weighted by Gasteiger charge is -2.11. The Hall–Kier alpha value is -1.55. The second-order valence-electron chi connectivity index (χ2n) is 3.97. The van der Waals surface area contributed by atoms with Crippen molar-refractivity contribution in [2.24, 2.45) is 17.4 Å². The van der Waals surface area contributed by atoms with Gasteiger partial charge >= 0.3 is 0 Å². The van der Waals surface area contributed by atoms with Crippen LogP contribution in [0.3, 0.4) is 0 Å². The van der Waals surface area contributed by atoms with Crippen LogP contribution < -0.4 is 16.2 Å². The molecule has 0 fully saturated rings. The molecule has 1 aromatic carbocycles. The summed E-state index contributed by atoms with van der Waals surface area (Å²) in [6, 6.07) is 7.52. The number of primary amides is 1. The Bertz CT molecular complexity index is 347. The summed E-state index contributed by atoms with van der Waals surface area (Å²) in [5, 5.41) is 0. The van der Waals surface area contributed by atoms with Crippen molar-refractivity contribution in [3.8, 4) is 5.75 Å². The minimum absolute atomic E-state index is 0.0126. The van der Waals surface area contributed by atoms with Crippen molar-refractivity contribution in [2.75, 3.05) is 6.61 Å². The molecule has 0 aliphatic rings. The highest BCUT2D eigenvalue weighted by atomic mass is 16.5. The van der Waals surface area contributed by atoms with Crippen LogP contribution in [-0.2, 0) is 4.79 Å². The van der Waals surface area contributed by atoms with Gasteiger partial charge in [-0.3, -0.25) is 4.79 Å². The van der Waals surface area contributed by atoms with Crippen molar-refractivity contribution in [3.63, 3.8) is 0 Å². The zero-order chi connectivity index (χ0) is 12.1. The van der Waals surface area contributed by atoms with E-state index in [9.17, 15) is 4.79 Å². The fourth-order valence-electron chi connectivity index (χ4n) is 1.17. The van der Waals surface area contributed by atoms with Gasteiger partial charge in [-0.25, -0.2) is 0 Å². The normalized spacial score (nSPS) is 14.2. The second-order valence-corrected chi connectivity index (χ2v) is 3.97. The van der Waals surface area contributed by atoms with Gasteiger partial charge in [0.1, 0.15) is 5.75 Å². The molecule has 2 atom stereocenters. The minimum Gasteiger partial charge on any atom is -0.493 e. The lowest BCUT2D eigenvalue weighted by Crippen LogP contribution is -2.25. The number of nitrogens with two attached hydrogens (primary N) is 2. The van der Waals surface area contributed by atoms with Crippen LogP contribution in [0.5, 0.6) is 5.75 Å². The predicted octanol–water partition coefficient (Wildman–Crippen LogP) is 1.21. The SMILES string of the molecule is CC(COc1ccc(C(C)N)cc1)C(N)=O. The maximum Gasteiger partial charge on any atom is 0.223 e. The first kappa shape index (κ1) is 12.5. The molecule has 0 saturated carbocycles. The summed E-state index contributed by atoms with van der Waals surface area (Å²) in [6.45, 7) is 3.95. The summed E-state index contributed by atoms with van der Waals surface area (Å²) in [4.78, 5) is 10.8. The smallest absolute Gasteiger partial charge is 0.223 e. The summed E-state index contributed by atoms with van der Waals surface area (Å²) in [5.74, 6) is 0.0813. The quantitative estimate of drug-likeness (QED) is 0.785. The van der Waals surface area contributed by atoms with E-state index in [1.165, 1.54) is 0 Å². The highest BCUT2D eigenvalue weighted by Crippen LogP contribution is 2.16. The largest absolute Gasteiger partial charge is 0.493 e. The number of ether oxygens (including phenoxy) is 1. The molecule has 0 radical (unpaired) electrons. The van der Waals surface area contributed by atoms with Crippen molar-refractivity contribution in [1.82, 2.24) is 0 Å². The van der Waals surface area contributed by atoms with Gasteiger partial charge in [0.05, 0.1) is 12.5 Å². The molecule has 88 valence electrons. The van der Waals surface area contributed by atoms with E-state index >= 15 is 0 Å². The zero-order valence-electron chi connectivity index (χ0n) is 9.64. The van der Waals surface area contributed by atoms with Crippen molar-refractivity contribution >= 4 is 5.91 Å². The van der Waals surface area contributed by atoms with Crippen molar-refractivity contribution in [2.45, 2.75) is 19.9 Å². The van der Waals surface area contributed by atoms with Gasteiger partial charge in [-0.1, -0.05) is 19.1 Å². The van der Waals surface area contributed by atoms with Crippen LogP contribution in [0.15, 0.2) is 24.3 Å². The zero-order valence-corrected chi connectivity index (χ0v) is 9.64. The van der Waals surface area contributed by atoms with E-state index in [-0.39, 0.29) is 17.9 Å². The molecule has 4 nitrogen and oxygen atoms in total. The van der Waals surface area contributed by atoms with Crippen molar-refractivity contribution < 1.29 is 9.53 Å². The van der Waals surface area contributed by atoms with E-state index in [1.807, 2.05) is 31.2 Å². The predicted molar refractivity (Wildman–Crippen MR) is 62.9 cm³/mol. The molecule has 1 rings (SSSR count). The topological polar surface area (TPSA) is 78.3 Å². The number of amides is 1. The molecular weight excluding hydrogens is 204 g/mol. The van der Waals surface area contributed by atoms with Crippen molar-refractivity contribution in [3.05, 3.63) is 29.8 Å². The summed E-state index contributed by atoms with van der Waals surface area (Å²) < 4.78 is 5.42. The number of hydrogen-bond donors (Lipinski definition) is 2. The molecule has 1 aromatic rings. The summed E-state index contributed by atoms with van der Waals surface area (Å²) in [6.07, 6.45) is 0. The molecule has 0 aliphatic carbocycles. The fraction of sp³-hybridized carbons (Fsp3) is 0.417. The highest BCUT2D eigenvalue weighted by molar-refractivity contribution is 5.76. The van der Waals surface area contributed by atoms with Crippen molar-refractivity contribution in [1.29, 1.82) is 0 Å². The first-order valence-electron chi connectivity index (χ1n) is 5.28. The van der Waals surface area contributed by atoms with Crippen LogP contribution in [0, 0.1) is 5.92 Å². The van der Waals surface area contributed by atoms with E-state index < -0.39 is 0 Å². The standard InChI is InChI=1S/C12H18N2O2/c1-8(12(14)15)7-16-11-5-3-10(4-6-11)9(2)13/h3-6,8-9H,7,13H2,1-2H3,(H2,14,15). The molecule has 4 N–H and O–H groups in total. The van der Waals surface area contributed by atoms with Gasteiger partial charge in [-0.15, -0.1) is 0 Å². The molecule has 0 spiro atoms. The number of carbonyl (C=O) groups excluding carboxylic acids is 1. The Labute approximate surface area is 95.6 Å². The van der Waals surface area contributed by atoms with Crippen LogP contribution in [-0.4, -0.2) is 12.5 Å². The Balaban J connectivity index is 2.52. The molecule has 0 aliphatic heterocycles. The Morgan fingerprint density at radius 3 is 2.31 bits per heavy atom. The van der Waals surface area contributed by atoms with Crippen LogP contribution in [0.1, 0.15) is 25.5 Å².